The van der Waals surface area contributed by atoms with E-state index in [2.05, 4.69) is 0 Å². The van der Waals surface area contributed by atoms with Crippen LogP contribution in [0.4, 0.5) is 0 Å². The third-order valence-corrected chi connectivity index (χ3v) is 2.57. The van der Waals surface area contributed by atoms with E-state index in [9.17, 15) is 9.59 Å². The Morgan fingerprint density at radius 1 is 1.19 bits per heavy atom. The van der Waals surface area contributed by atoms with Crippen LogP contribution in [0.15, 0.2) is 24.3 Å². The fourth-order valence-electron chi connectivity index (χ4n) is 1.44. The first-order valence-corrected chi connectivity index (χ1v) is 5.30. The van der Waals surface area contributed by atoms with Crippen molar-refractivity contribution in [1.29, 1.82) is 0 Å². The highest BCUT2D eigenvalue weighted by Crippen LogP contribution is 2.18. The van der Waals surface area contributed by atoms with Gasteiger partial charge in [-0.3, -0.25) is 9.59 Å². The number of rotatable bonds is 4. The van der Waals surface area contributed by atoms with E-state index >= 15 is 0 Å². The molecule has 0 bridgehead atoms. The molecule has 0 aliphatic carbocycles. The standard InChI is InChI=1S/C13H16O3/c1-8(2)12(14)11-6-4-5-10(7-11)9(3)13(15)16/h4-9H,1-3H3,(H,15,16)/t9-/m1/s1. The van der Waals surface area contributed by atoms with Gasteiger partial charge in [0.15, 0.2) is 5.78 Å². The number of aliphatic carboxylic acids is 1. The minimum absolute atomic E-state index is 0.0411. The molecule has 0 saturated heterocycles. The van der Waals surface area contributed by atoms with Crippen LogP contribution >= 0.6 is 0 Å². The van der Waals surface area contributed by atoms with Gasteiger partial charge >= 0.3 is 5.97 Å². The molecule has 0 amide bonds. The SMILES string of the molecule is CC(C)C(=O)c1cccc([C@@H](C)C(=O)O)c1. The van der Waals surface area contributed by atoms with Gasteiger partial charge in [-0.2, -0.15) is 0 Å². The summed E-state index contributed by atoms with van der Waals surface area (Å²) in [4.78, 5) is 22.6. The lowest BCUT2D eigenvalue weighted by atomic mass is 9.95. The maximum Gasteiger partial charge on any atom is 0.310 e. The molecule has 0 aromatic heterocycles. The summed E-state index contributed by atoms with van der Waals surface area (Å²) in [5.41, 5.74) is 1.25. The number of hydrogen-bond acceptors (Lipinski definition) is 2. The number of hydrogen-bond donors (Lipinski definition) is 1. The summed E-state index contributed by atoms with van der Waals surface area (Å²) in [7, 11) is 0. The van der Waals surface area contributed by atoms with Crippen molar-refractivity contribution >= 4 is 11.8 Å². The Kier molecular flexibility index (Phi) is 3.82. The molecule has 0 radical (unpaired) electrons. The highest BCUT2D eigenvalue weighted by molar-refractivity contribution is 5.97. The molecular weight excluding hydrogens is 204 g/mol. The van der Waals surface area contributed by atoms with E-state index in [0.29, 0.717) is 11.1 Å². The minimum Gasteiger partial charge on any atom is -0.481 e. The molecule has 1 atom stereocenters. The van der Waals surface area contributed by atoms with E-state index in [1.807, 2.05) is 13.8 Å². The molecule has 1 aromatic carbocycles. The Hall–Kier alpha value is -1.64. The molecule has 86 valence electrons. The van der Waals surface area contributed by atoms with Crippen LogP contribution in [-0.4, -0.2) is 16.9 Å². The zero-order valence-corrected chi connectivity index (χ0v) is 9.73. The van der Waals surface area contributed by atoms with E-state index < -0.39 is 11.9 Å². The molecule has 0 fully saturated rings. The number of benzene rings is 1. The van der Waals surface area contributed by atoms with E-state index in [1.54, 1.807) is 31.2 Å². The molecule has 0 unspecified atom stereocenters. The van der Waals surface area contributed by atoms with Gasteiger partial charge in [-0.25, -0.2) is 0 Å². The van der Waals surface area contributed by atoms with Gasteiger partial charge in [-0.15, -0.1) is 0 Å². The second-order valence-corrected chi connectivity index (χ2v) is 4.20. The Morgan fingerprint density at radius 2 is 1.81 bits per heavy atom. The van der Waals surface area contributed by atoms with Crippen LogP contribution in [0.3, 0.4) is 0 Å². The Balaban J connectivity index is 3.04. The molecule has 0 spiro atoms. The first-order valence-electron chi connectivity index (χ1n) is 5.30. The van der Waals surface area contributed by atoms with Crippen molar-refractivity contribution in [2.75, 3.05) is 0 Å². The van der Waals surface area contributed by atoms with Crippen LogP contribution < -0.4 is 0 Å². The average Bonchev–Trinajstić information content (AvgIpc) is 2.26. The number of Topliss-reactive ketones (excluding diaryl/α,β-unsaturated/α-hetero) is 1. The first kappa shape index (κ1) is 12.4. The van der Waals surface area contributed by atoms with E-state index in [4.69, 9.17) is 5.11 Å². The van der Waals surface area contributed by atoms with Gasteiger partial charge in [0.2, 0.25) is 0 Å². The summed E-state index contributed by atoms with van der Waals surface area (Å²) in [6.07, 6.45) is 0. The molecule has 0 aliphatic rings. The molecule has 0 aliphatic heterocycles. The summed E-state index contributed by atoms with van der Waals surface area (Å²) in [6.45, 7) is 5.27. The second kappa shape index (κ2) is 4.92. The minimum atomic E-state index is -0.880. The average molecular weight is 220 g/mol. The highest BCUT2D eigenvalue weighted by atomic mass is 16.4. The van der Waals surface area contributed by atoms with Crippen molar-refractivity contribution < 1.29 is 14.7 Å². The molecule has 1 aromatic rings. The fourth-order valence-corrected chi connectivity index (χ4v) is 1.44. The molecule has 16 heavy (non-hydrogen) atoms. The lowest BCUT2D eigenvalue weighted by Crippen LogP contribution is -2.11. The summed E-state index contributed by atoms with van der Waals surface area (Å²) in [6, 6.07) is 6.85. The van der Waals surface area contributed by atoms with E-state index in [0.717, 1.165) is 0 Å². The van der Waals surface area contributed by atoms with Crippen LogP contribution in [0.5, 0.6) is 0 Å². The normalized spacial score (nSPS) is 12.5. The van der Waals surface area contributed by atoms with Gasteiger partial charge in [0.05, 0.1) is 5.92 Å². The van der Waals surface area contributed by atoms with Crippen LogP contribution in [0.2, 0.25) is 0 Å². The smallest absolute Gasteiger partial charge is 0.310 e. The topological polar surface area (TPSA) is 54.4 Å². The number of ketones is 1. The van der Waals surface area contributed by atoms with Gasteiger partial charge < -0.3 is 5.11 Å². The maximum absolute atomic E-state index is 11.7. The summed E-state index contributed by atoms with van der Waals surface area (Å²) in [5, 5.41) is 8.89. The van der Waals surface area contributed by atoms with Crippen molar-refractivity contribution in [1.82, 2.24) is 0 Å². The van der Waals surface area contributed by atoms with E-state index in [1.165, 1.54) is 0 Å². The highest BCUT2D eigenvalue weighted by Gasteiger charge is 2.16. The zero-order chi connectivity index (χ0) is 12.3. The van der Waals surface area contributed by atoms with Crippen LogP contribution in [-0.2, 0) is 4.79 Å². The predicted molar refractivity (Wildman–Crippen MR) is 61.7 cm³/mol. The molecule has 3 heteroatoms. The predicted octanol–water partition coefficient (Wildman–Crippen LogP) is 2.71. The Bertz CT molecular complexity index is 407. The van der Waals surface area contributed by atoms with Gasteiger partial charge in [0, 0.05) is 11.5 Å². The van der Waals surface area contributed by atoms with Crippen molar-refractivity contribution in [2.24, 2.45) is 5.92 Å². The number of carbonyl (C=O) groups is 2. The Labute approximate surface area is 95.1 Å². The Morgan fingerprint density at radius 3 is 2.31 bits per heavy atom. The molecule has 3 nitrogen and oxygen atoms in total. The lowest BCUT2D eigenvalue weighted by molar-refractivity contribution is -0.138. The van der Waals surface area contributed by atoms with Crippen molar-refractivity contribution in [2.45, 2.75) is 26.7 Å². The monoisotopic (exact) mass is 220 g/mol. The lowest BCUT2D eigenvalue weighted by Gasteiger charge is -2.09. The second-order valence-electron chi connectivity index (χ2n) is 4.20. The number of carbonyl (C=O) groups excluding carboxylic acids is 1. The molecule has 1 rings (SSSR count). The molecular formula is C13H16O3. The largest absolute Gasteiger partial charge is 0.481 e. The van der Waals surface area contributed by atoms with Crippen LogP contribution in [0.25, 0.3) is 0 Å². The van der Waals surface area contributed by atoms with Crippen LogP contribution in [0, 0.1) is 5.92 Å². The van der Waals surface area contributed by atoms with Crippen molar-refractivity contribution in [3.8, 4) is 0 Å². The van der Waals surface area contributed by atoms with Gasteiger partial charge in [0.1, 0.15) is 0 Å². The van der Waals surface area contributed by atoms with Gasteiger partial charge in [-0.1, -0.05) is 32.0 Å². The van der Waals surface area contributed by atoms with Crippen molar-refractivity contribution in [3.63, 3.8) is 0 Å². The zero-order valence-electron chi connectivity index (χ0n) is 9.73. The fraction of sp³-hybridized carbons (Fsp3) is 0.385. The molecule has 1 N–H and O–H groups in total. The summed E-state index contributed by atoms with van der Waals surface area (Å²) in [5.74, 6) is -1.50. The third-order valence-electron chi connectivity index (χ3n) is 2.57. The van der Waals surface area contributed by atoms with Gasteiger partial charge in [0.25, 0.3) is 0 Å². The molecule has 0 heterocycles. The van der Waals surface area contributed by atoms with E-state index in [-0.39, 0.29) is 11.7 Å². The van der Waals surface area contributed by atoms with Crippen LogP contribution in [0.1, 0.15) is 42.6 Å². The summed E-state index contributed by atoms with van der Waals surface area (Å²) < 4.78 is 0. The molecule has 0 saturated carbocycles. The maximum atomic E-state index is 11.7. The first-order chi connectivity index (χ1) is 7.43. The third kappa shape index (κ3) is 2.69. The number of carboxylic acids is 1. The summed E-state index contributed by atoms with van der Waals surface area (Å²) >= 11 is 0. The number of carboxylic acid groups (broad SMARTS) is 1. The quantitative estimate of drug-likeness (QED) is 0.794. The van der Waals surface area contributed by atoms with Crippen molar-refractivity contribution in [3.05, 3.63) is 35.4 Å². The van der Waals surface area contributed by atoms with Gasteiger partial charge in [-0.05, 0) is 18.6 Å².